The van der Waals surface area contributed by atoms with Crippen molar-refractivity contribution in [3.63, 3.8) is 0 Å². The number of benzene rings is 3. The third-order valence-electron chi connectivity index (χ3n) is 9.44. The Morgan fingerprint density at radius 1 is 0.763 bits per heavy atom. The summed E-state index contributed by atoms with van der Waals surface area (Å²) in [4.78, 5) is 0. The van der Waals surface area contributed by atoms with Gasteiger partial charge in [0.1, 0.15) is 12.7 Å². The van der Waals surface area contributed by atoms with Gasteiger partial charge in [-0.05, 0) is 110 Å². The normalized spacial score (nSPS) is 25.8. The standard InChI is InChI=1S/C35H40NO2/c1-23-28-20-19-25-12-8-10-16-30(25)33(28)32-27(18-17-24-11-7-9-15-29(24)32)21-36(23)31-22-37-35(2,3)38-34(31)26-13-5-4-6-14-26/h4-6,13-14,17-21,23,31,34H,7-12,15-16,22H2,1-3H3/q+1/t23-,31+,34+/m1/s1. The van der Waals surface area contributed by atoms with Gasteiger partial charge in [0.2, 0.25) is 6.04 Å². The van der Waals surface area contributed by atoms with Gasteiger partial charge in [-0.3, -0.25) is 0 Å². The van der Waals surface area contributed by atoms with Crippen molar-refractivity contribution in [1.82, 2.24) is 0 Å². The molecule has 0 amide bonds. The molecule has 38 heavy (non-hydrogen) atoms. The van der Waals surface area contributed by atoms with Crippen molar-refractivity contribution in [2.75, 3.05) is 6.61 Å². The first kappa shape index (κ1) is 24.3. The summed E-state index contributed by atoms with van der Waals surface area (Å²) in [7, 11) is 0. The predicted molar refractivity (Wildman–Crippen MR) is 153 cm³/mol. The molecule has 3 heteroatoms. The molecule has 2 aliphatic heterocycles. The van der Waals surface area contributed by atoms with E-state index in [1.54, 1.807) is 27.8 Å². The molecule has 1 fully saturated rings. The van der Waals surface area contributed by atoms with E-state index in [9.17, 15) is 0 Å². The van der Waals surface area contributed by atoms with Crippen LogP contribution in [-0.2, 0) is 35.2 Å². The second-order valence-corrected chi connectivity index (χ2v) is 12.2. The van der Waals surface area contributed by atoms with Crippen LogP contribution in [0.2, 0.25) is 0 Å². The molecule has 0 N–H and O–H groups in total. The molecular weight excluding hydrogens is 466 g/mol. The van der Waals surface area contributed by atoms with Crippen molar-refractivity contribution in [1.29, 1.82) is 0 Å². The van der Waals surface area contributed by atoms with Crippen molar-refractivity contribution in [2.24, 2.45) is 0 Å². The third-order valence-corrected chi connectivity index (χ3v) is 9.44. The molecular formula is C35H40NO2+. The van der Waals surface area contributed by atoms with Gasteiger partial charge in [-0.15, -0.1) is 0 Å². The molecule has 3 aromatic rings. The number of hydrogen-bond donors (Lipinski definition) is 0. The van der Waals surface area contributed by atoms with Gasteiger partial charge in [-0.25, -0.2) is 4.58 Å². The zero-order valence-corrected chi connectivity index (χ0v) is 23.1. The van der Waals surface area contributed by atoms with Crippen LogP contribution in [0.5, 0.6) is 0 Å². The van der Waals surface area contributed by atoms with Crippen LogP contribution in [-0.4, -0.2) is 29.2 Å². The van der Waals surface area contributed by atoms with Gasteiger partial charge in [-0.1, -0.05) is 48.5 Å². The molecule has 2 aliphatic carbocycles. The quantitative estimate of drug-likeness (QED) is 0.336. The Morgan fingerprint density at radius 2 is 1.42 bits per heavy atom. The number of fused-ring (bicyclic) bond motifs is 7. The monoisotopic (exact) mass is 506 g/mol. The molecule has 7 rings (SSSR count). The fraction of sp³-hybridized carbons (Fsp3) is 0.457. The van der Waals surface area contributed by atoms with Crippen LogP contribution in [0.4, 0.5) is 0 Å². The molecule has 0 saturated carbocycles. The van der Waals surface area contributed by atoms with Crippen LogP contribution in [0.25, 0.3) is 11.1 Å². The van der Waals surface area contributed by atoms with E-state index in [0.717, 1.165) is 0 Å². The topological polar surface area (TPSA) is 21.5 Å². The Bertz CT molecular complexity index is 1400. The summed E-state index contributed by atoms with van der Waals surface area (Å²) in [5, 5.41) is 0. The van der Waals surface area contributed by atoms with Gasteiger partial charge in [-0.2, -0.15) is 0 Å². The zero-order valence-electron chi connectivity index (χ0n) is 23.1. The summed E-state index contributed by atoms with van der Waals surface area (Å²) in [6.07, 6.45) is 12.4. The van der Waals surface area contributed by atoms with Crippen molar-refractivity contribution in [2.45, 2.75) is 96.1 Å². The average Bonchev–Trinajstić information content (AvgIpc) is 3.07. The molecule has 0 radical (unpaired) electrons. The van der Waals surface area contributed by atoms with Crippen molar-refractivity contribution in [3.8, 4) is 11.1 Å². The van der Waals surface area contributed by atoms with E-state index in [4.69, 9.17) is 9.47 Å². The Labute approximate surface area is 227 Å². The highest BCUT2D eigenvalue weighted by molar-refractivity contribution is 5.93. The lowest BCUT2D eigenvalue weighted by molar-refractivity contribution is -0.626. The highest BCUT2D eigenvalue weighted by Gasteiger charge is 2.46. The highest BCUT2D eigenvalue weighted by Crippen LogP contribution is 2.46. The number of rotatable bonds is 2. The molecule has 2 heterocycles. The lowest BCUT2D eigenvalue weighted by Gasteiger charge is -2.40. The lowest BCUT2D eigenvalue weighted by Crippen LogP contribution is -2.49. The summed E-state index contributed by atoms with van der Waals surface area (Å²) in [6.45, 7) is 7.11. The average molecular weight is 507 g/mol. The maximum absolute atomic E-state index is 6.69. The Morgan fingerprint density at radius 3 is 2.16 bits per heavy atom. The molecule has 196 valence electrons. The van der Waals surface area contributed by atoms with Crippen molar-refractivity contribution < 1.29 is 14.0 Å². The SMILES string of the molecule is C[C@@H]1c2ccc3c(c2-c2c(ccc4c2CCCC4)C=[N+]1[C@H]1COC(C)(C)O[C@H]1c1ccccc1)CCCC3. The first-order valence-corrected chi connectivity index (χ1v) is 14.8. The fourth-order valence-corrected chi connectivity index (χ4v) is 7.52. The van der Waals surface area contributed by atoms with Crippen LogP contribution in [0, 0.1) is 0 Å². The van der Waals surface area contributed by atoms with E-state index < -0.39 is 5.79 Å². The summed E-state index contributed by atoms with van der Waals surface area (Å²) < 4.78 is 15.6. The third kappa shape index (κ3) is 4.06. The van der Waals surface area contributed by atoms with E-state index in [1.165, 1.54) is 73.6 Å². The van der Waals surface area contributed by atoms with Gasteiger partial charge >= 0.3 is 0 Å². The van der Waals surface area contributed by atoms with Gasteiger partial charge < -0.3 is 9.47 Å². The lowest BCUT2D eigenvalue weighted by atomic mass is 9.77. The van der Waals surface area contributed by atoms with E-state index in [2.05, 4.69) is 72.3 Å². The summed E-state index contributed by atoms with van der Waals surface area (Å²) >= 11 is 0. The smallest absolute Gasteiger partial charge is 0.206 e. The van der Waals surface area contributed by atoms with Crippen molar-refractivity contribution in [3.05, 3.63) is 93.5 Å². The number of aryl methyl sites for hydroxylation is 2. The van der Waals surface area contributed by atoms with Crippen LogP contribution >= 0.6 is 0 Å². The molecule has 0 spiro atoms. The van der Waals surface area contributed by atoms with Crippen LogP contribution in [0.15, 0.2) is 54.6 Å². The van der Waals surface area contributed by atoms with E-state index >= 15 is 0 Å². The minimum atomic E-state index is -0.611. The summed E-state index contributed by atoms with van der Waals surface area (Å²) in [5.74, 6) is -0.611. The predicted octanol–water partition coefficient (Wildman–Crippen LogP) is 7.51. The van der Waals surface area contributed by atoms with Crippen molar-refractivity contribution >= 4 is 6.21 Å². The molecule has 0 unspecified atom stereocenters. The van der Waals surface area contributed by atoms with Gasteiger partial charge in [0.15, 0.2) is 18.0 Å². The van der Waals surface area contributed by atoms with E-state index in [1.807, 2.05) is 13.8 Å². The molecule has 3 atom stereocenters. The maximum Gasteiger partial charge on any atom is 0.206 e. The van der Waals surface area contributed by atoms with Crippen LogP contribution < -0.4 is 0 Å². The highest BCUT2D eigenvalue weighted by atomic mass is 16.7. The van der Waals surface area contributed by atoms with Crippen LogP contribution in [0.1, 0.15) is 97.5 Å². The summed E-state index contributed by atoms with van der Waals surface area (Å²) in [5.41, 5.74) is 13.5. The van der Waals surface area contributed by atoms with Gasteiger partial charge in [0.25, 0.3) is 0 Å². The number of ether oxygens (including phenoxy) is 2. The molecule has 4 aliphatic rings. The number of hydrogen-bond acceptors (Lipinski definition) is 2. The molecule has 3 aromatic carbocycles. The van der Waals surface area contributed by atoms with Gasteiger partial charge in [0, 0.05) is 18.1 Å². The molecule has 3 nitrogen and oxygen atoms in total. The largest absolute Gasteiger partial charge is 0.343 e. The second-order valence-electron chi connectivity index (χ2n) is 12.2. The molecule has 1 saturated heterocycles. The molecule has 0 aromatic heterocycles. The maximum atomic E-state index is 6.69. The van der Waals surface area contributed by atoms with Gasteiger partial charge in [0.05, 0.1) is 0 Å². The minimum absolute atomic E-state index is 0.0705. The first-order chi connectivity index (χ1) is 18.5. The van der Waals surface area contributed by atoms with Crippen LogP contribution in [0.3, 0.4) is 0 Å². The second kappa shape index (κ2) is 9.47. The van der Waals surface area contributed by atoms with E-state index in [-0.39, 0.29) is 18.2 Å². The Hall–Kier alpha value is -2.75. The first-order valence-electron chi connectivity index (χ1n) is 14.8. The Balaban J connectivity index is 1.45. The minimum Gasteiger partial charge on any atom is -0.343 e. The molecule has 0 bridgehead atoms. The zero-order chi connectivity index (χ0) is 25.9. The summed E-state index contributed by atoms with van der Waals surface area (Å²) in [6, 6.07) is 20.7. The van der Waals surface area contributed by atoms with E-state index in [0.29, 0.717) is 6.61 Å². The fourth-order valence-electron chi connectivity index (χ4n) is 7.52. The number of nitrogens with zero attached hydrogens (tertiary/aromatic N) is 1. The Kier molecular flexibility index (Phi) is 6.05.